The Balaban J connectivity index is 1.96. The van der Waals surface area contributed by atoms with Crippen LogP contribution >= 0.6 is 11.6 Å². The van der Waals surface area contributed by atoms with Crippen molar-refractivity contribution >= 4 is 23.1 Å². The van der Waals surface area contributed by atoms with Crippen LogP contribution in [-0.2, 0) is 4.79 Å². The van der Waals surface area contributed by atoms with E-state index in [2.05, 4.69) is 15.0 Å². The van der Waals surface area contributed by atoms with E-state index in [0.29, 0.717) is 21.9 Å². The van der Waals surface area contributed by atoms with Crippen molar-refractivity contribution in [1.82, 2.24) is 9.97 Å². The average molecular weight is 414 g/mol. The molecule has 0 aliphatic carbocycles. The molecule has 29 heavy (non-hydrogen) atoms. The molecule has 0 N–H and O–H groups in total. The third-order valence-corrected chi connectivity index (χ3v) is 4.47. The average Bonchev–Trinajstić information content (AvgIpc) is 2.70. The second kappa shape index (κ2) is 8.79. The van der Waals surface area contributed by atoms with Crippen molar-refractivity contribution in [3.8, 4) is 23.3 Å². The van der Waals surface area contributed by atoms with Gasteiger partial charge in [0.2, 0.25) is 5.82 Å². The number of carbonyl (C=O) groups is 1. The Kier molecular flexibility index (Phi) is 6.19. The van der Waals surface area contributed by atoms with Crippen molar-refractivity contribution in [2.45, 2.75) is 13.8 Å². The van der Waals surface area contributed by atoms with Crippen LogP contribution in [0, 0.1) is 12.7 Å². The van der Waals surface area contributed by atoms with Gasteiger partial charge in [0.1, 0.15) is 23.5 Å². The minimum absolute atomic E-state index is 0.209. The number of rotatable bonds is 6. The van der Waals surface area contributed by atoms with Crippen LogP contribution in [0.3, 0.4) is 0 Å². The van der Waals surface area contributed by atoms with Crippen LogP contribution in [0.1, 0.15) is 18.1 Å². The highest BCUT2D eigenvalue weighted by Crippen LogP contribution is 2.33. The fourth-order valence-corrected chi connectivity index (χ4v) is 2.77. The maximum Gasteiger partial charge on any atom is 0.263 e. The summed E-state index contributed by atoms with van der Waals surface area (Å²) in [5.74, 6) is -1.20. The van der Waals surface area contributed by atoms with Gasteiger partial charge < -0.3 is 9.47 Å². The van der Waals surface area contributed by atoms with Crippen LogP contribution < -0.4 is 9.47 Å². The SMILES string of the molecule is CN=C(C(C)=O)c1ccccc1Oc1ncnc(Oc2cccc(Cl)c2C)c1F. The largest absolute Gasteiger partial charge is 0.436 e. The van der Waals surface area contributed by atoms with Gasteiger partial charge in [-0.25, -0.2) is 0 Å². The number of Topliss-reactive ketones (excluding diaryl/α,β-unsaturated/α-hetero) is 1. The van der Waals surface area contributed by atoms with Crippen LogP contribution in [-0.4, -0.2) is 28.5 Å². The van der Waals surface area contributed by atoms with E-state index < -0.39 is 5.82 Å². The van der Waals surface area contributed by atoms with Gasteiger partial charge in [-0.1, -0.05) is 29.8 Å². The smallest absolute Gasteiger partial charge is 0.263 e. The van der Waals surface area contributed by atoms with Gasteiger partial charge in [0.25, 0.3) is 11.8 Å². The summed E-state index contributed by atoms with van der Waals surface area (Å²) in [4.78, 5) is 23.5. The molecule has 2 aromatic carbocycles. The second-order valence-corrected chi connectivity index (χ2v) is 6.40. The topological polar surface area (TPSA) is 73.7 Å². The van der Waals surface area contributed by atoms with E-state index in [9.17, 15) is 9.18 Å². The van der Waals surface area contributed by atoms with Gasteiger partial charge >= 0.3 is 0 Å². The molecular formula is C21H17ClFN3O3. The molecular weight excluding hydrogens is 397 g/mol. The first-order valence-electron chi connectivity index (χ1n) is 8.60. The monoisotopic (exact) mass is 413 g/mol. The lowest BCUT2D eigenvalue weighted by Gasteiger charge is -2.13. The molecule has 0 amide bonds. The van der Waals surface area contributed by atoms with Crippen molar-refractivity contribution in [3.05, 3.63) is 70.8 Å². The van der Waals surface area contributed by atoms with Crippen LogP contribution in [0.25, 0.3) is 0 Å². The molecule has 3 aromatic rings. The molecule has 0 aliphatic rings. The zero-order valence-corrected chi connectivity index (χ0v) is 16.7. The summed E-state index contributed by atoms with van der Waals surface area (Å²) in [5, 5.41) is 0.484. The van der Waals surface area contributed by atoms with Gasteiger partial charge in [-0.05, 0) is 31.2 Å². The van der Waals surface area contributed by atoms with E-state index in [0.717, 1.165) is 6.33 Å². The van der Waals surface area contributed by atoms with Crippen LogP contribution in [0.15, 0.2) is 53.8 Å². The van der Waals surface area contributed by atoms with Gasteiger partial charge in [-0.3, -0.25) is 9.79 Å². The third kappa shape index (κ3) is 4.41. The molecule has 0 fully saturated rings. The number of hydrogen-bond donors (Lipinski definition) is 0. The lowest BCUT2D eigenvalue weighted by atomic mass is 10.1. The van der Waals surface area contributed by atoms with E-state index in [-0.39, 0.29) is 29.0 Å². The predicted octanol–water partition coefficient (Wildman–Crippen LogP) is 5.17. The van der Waals surface area contributed by atoms with Gasteiger partial charge in [0, 0.05) is 30.1 Å². The van der Waals surface area contributed by atoms with Gasteiger partial charge in [0.05, 0.1) is 0 Å². The maximum absolute atomic E-state index is 14.9. The summed E-state index contributed by atoms with van der Waals surface area (Å²) in [5.41, 5.74) is 1.28. The molecule has 0 saturated carbocycles. The zero-order valence-electron chi connectivity index (χ0n) is 15.9. The first kappa shape index (κ1) is 20.4. The normalized spacial score (nSPS) is 11.3. The Labute approximate surface area is 172 Å². The highest BCUT2D eigenvalue weighted by atomic mass is 35.5. The van der Waals surface area contributed by atoms with Gasteiger partial charge in [-0.2, -0.15) is 14.4 Å². The molecule has 0 saturated heterocycles. The van der Waals surface area contributed by atoms with Crippen LogP contribution in [0.5, 0.6) is 23.3 Å². The number of hydrogen-bond acceptors (Lipinski definition) is 6. The summed E-state index contributed by atoms with van der Waals surface area (Å²) in [7, 11) is 1.50. The number of benzene rings is 2. The molecule has 0 spiro atoms. The summed E-state index contributed by atoms with van der Waals surface area (Å²) in [6.45, 7) is 3.14. The molecule has 1 aromatic heterocycles. The van der Waals surface area contributed by atoms with E-state index in [4.69, 9.17) is 21.1 Å². The Morgan fingerprint density at radius 1 is 1.03 bits per heavy atom. The minimum atomic E-state index is -0.889. The lowest BCUT2D eigenvalue weighted by Crippen LogP contribution is -2.13. The number of nitrogens with zero attached hydrogens (tertiary/aromatic N) is 3. The van der Waals surface area contributed by atoms with Gasteiger partial charge in [0.15, 0.2) is 5.78 Å². The summed E-state index contributed by atoms with van der Waals surface area (Å²) >= 11 is 6.07. The van der Waals surface area contributed by atoms with Gasteiger partial charge in [-0.15, -0.1) is 0 Å². The fraction of sp³-hybridized carbons (Fsp3) is 0.143. The Morgan fingerprint density at radius 3 is 2.31 bits per heavy atom. The van der Waals surface area contributed by atoms with Crippen LogP contribution in [0.2, 0.25) is 5.02 Å². The molecule has 0 radical (unpaired) electrons. The van der Waals surface area contributed by atoms with E-state index >= 15 is 0 Å². The molecule has 148 valence electrons. The van der Waals surface area contributed by atoms with E-state index in [1.54, 1.807) is 49.4 Å². The minimum Gasteiger partial charge on any atom is -0.436 e. The molecule has 0 unspecified atom stereocenters. The molecule has 1 heterocycles. The first-order valence-corrected chi connectivity index (χ1v) is 8.98. The molecule has 3 rings (SSSR count). The van der Waals surface area contributed by atoms with Crippen molar-refractivity contribution < 1.29 is 18.7 Å². The Morgan fingerprint density at radius 2 is 1.66 bits per heavy atom. The number of carbonyl (C=O) groups excluding carboxylic acids is 1. The number of aromatic nitrogens is 2. The number of halogens is 2. The highest BCUT2D eigenvalue weighted by Gasteiger charge is 2.20. The fourth-order valence-electron chi connectivity index (χ4n) is 2.61. The van der Waals surface area contributed by atoms with Crippen molar-refractivity contribution in [1.29, 1.82) is 0 Å². The van der Waals surface area contributed by atoms with E-state index in [1.165, 1.54) is 14.0 Å². The maximum atomic E-state index is 14.9. The summed E-state index contributed by atoms with van der Waals surface area (Å²) in [6, 6.07) is 11.7. The number of aliphatic imine (C=N–C) groups is 1. The van der Waals surface area contributed by atoms with Crippen LogP contribution in [0.4, 0.5) is 4.39 Å². The molecule has 0 bridgehead atoms. The number of para-hydroxylation sites is 1. The Bertz CT molecular complexity index is 1100. The predicted molar refractivity (Wildman–Crippen MR) is 108 cm³/mol. The number of ether oxygens (including phenoxy) is 2. The molecule has 0 atom stereocenters. The molecule has 8 heteroatoms. The second-order valence-electron chi connectivity index (χ2n) is 5.99. The van der Waals surface area contributed by atoms with Crippen molar-refractivity contribution in [3.63, 3.8) is 0 Å². The molecule has 0 aliphatic heterocycles. The van der Waals surface area contributed by atoms with E-state index in [1.807, 2.05) is 0 Å². The zero-order chi connectivity index (χ0) is 21.0. The Hall–Kier alpha value is -3.32. The lowest BCUT2D eigenvalue weighted by molar-refractivity contribution is -0.111. The summed E-state index contributed by atoms with van der Waals surface area (Å²) in [6.07, 6.45) is 1.12. The number of ketones is 1. The standard InChI is InChI=1S/C21H17ClFN3O3/c1-12-15(22)8-6-10-16(12)28-20-18(23)21(26-11-25-20)29-17-9-5-4-7-14(17)19(24-3)13(2)27/h4-11H,1-3H3. The van der Waals surface area contributed by atoms with Crippen molar-refractivity contribution in [2.24, 2.45) is 4.99 Å². The molecule has 6 nitrogen and oxygen atoms in total. The quantitative estimate of drug-likeness (QED) is 0.521. The third-order valence-electron chi connectivity index (χ3n) is 4.06. The first-order chi connectivity index (χ1) is 13.9. The summed E-state index contributed by atoms with van der Waals surface area (Å²) < 4.78 is 26.2. The van der Waals surface area contributed by atoms with Crippen molar-refractivity contribution in [2.75, 3.05) is 7.05 Å². The highest BCUT2D eigenvalue weighted by molar-refractivity contribution is 6.46.